The zero-order valence-corrected chi connectivity index (χ0v) is 13.4. The van der Waals surface area contributed by atoms with Gasteiger partial charge in [0.05, 0.1) is 5.75 Å². The lowest BCUT2D eigenvalue weighted by Crippen LogP contribution is -2.84. The van der Waals surface area contributed by atoms with Crippen LogP contribution in [0.3, 0.4) is 0 Å². The molecule has 0 radical (unpaired) electrons. The number of ketones is 1. The van der Waals surface area contributed by atoms with E-state index in [1.54, 1.807) is 30.3 Å². The second-order valence-electron chi connectivity index (χ2n) is 5.34. The van der Waals surface area contributed by atoms with Crippen LogP contribution in [-0.4, -0.2) is 63.6 Å². The summed E-state index contributed by atoms with van der Waals surface area (Å²) in [6, 6.07) is 6.73. The predicted molar refractivity (Wildman–Crippen MR) is 83.2 cm³/mol. The van der Waals surface area contributed by atoms with E-state index in [1.807, 2.05) is 0 Å². The molecule has 0 aliphatic carbocycles. The first kappa shape index (κ1) is 16.5. The zero-order valence-electron chi connectivity index (χ0n) is 12.6. The number of fused-ring (bicyclic) bond motifs is 1. The highest BCUT2D eigenvalue weighted by molar-refractivity contribution is 8.00. The third-order valence-corrected chi connectivity index (χ3v) is 5.34. The van der Waals surface area contributed by atoms with E-state index >= 15 is 0 Å². The Labute approximate surface area is 141 Å². The van der Waals surface area contributed by atoms with Gasteiger partial charge in [-0.1, -0.05) is 18.2 Å². The van der Waals surface area contributed by atoms with Crippen LogP contribution in [0.1, 0.15) is 10.4 Å². The summed E-state index contributed by atoms with van der Waals surface area (Å²) in [7, 11) is 1.26. The van der Waals surface area contributed by atoms with Crippen LogP contribution < -0.4 is 5.32 Å². The van der Waals surface area contributed by atoms with E-state index in [9.17, 15) is 24.3 Å². The lowest BCUT2D eigenvalue weighted by Gasteiger charge is -2.57. The molecule has 9 heteroatoms. The molecule has 0 spiro atoms. The summed E-state index contributed by atoms with van der Waals surface area (Å²) in [6.07, 6.45) is 0. The van der Waals surface area contributed by atoms with E-state index in [-0.39, 0.29) is 5.75 Å². The summed E-state index contributed by atoms with van der Waals surface area (Å²) in [5.74, 6) is -3.28. The number of nitrogens with zero attached hydrogens (tertiary/aromatic N) is 1. The Kier molecular flexibility index (Phi) is 4.06. The fourth-order valence-corrected chi connectivity index (χ4v) is 4.17. The number of nitrogens with one attached hydrogen (secondary N) is 1. The van der Waals surface area contributed by atoms with E-state index in [4.69, 9.17) is 4.74 Å². The molecule has 2 fully saturated rings. The molecule has 2 N–H and O–H groups in total. The average Bonchev–Trinajstić information content (AvgIpc) is 2.59. The summed E-state index contributed by atoms with van der Waals surface area (Å²) in [5.41, 5.74) is -1.33. The molecule has 0 bridgehead atoms. The van der Waals surface area contributed by atoms with Crippen molar-refractivity contribution >= 4 is 35.3 Å². The third-order valence-electron chi connectivity index (χ3n) is 4.01. The highest BCUT2D eigenvalue weighted by Crippen LogP contribution is 2.44. The lowest BCUT2D eigenvalue weighted by atomic mass is 9.95. The first-order valence-electron chi connectivity index (χ1n) is 7.05. The number of carbonyl (C=O) groups is 4. The number of ether oxygens (including phenoxy) is 1. The number of carboxylic acids is 1. The fourth-order valence-electron chi connectivity index (χ4n) is 2.82. The number of aliphatic carboxylic acids is 1. The minimum Gasteiger partial charge on any atom is -0.479 e. The van der Waals surface area contributed by atoms with E-state index in [0.717, 1.165) is 16.7 Å². The van der Waals surface area contributed by atoms with Crippen molar-refractivity contribution in [2.45, 2.75) is 17.1 Å². The Bertz CT molecular complexity index is 724. The standard InChI is InChI=1S/C15H14N2O6S/c1-23-15(16-11(19)8-5-3-2-4-6-8)13(22)17-10(12(20)21)9(18)7-24-14(15)17/h2-6,10,14H,7H2,1H3,(H,16,19)(H,20,21)/t10?,14-,15?/m0/s1. The summed E-state index contributed by atoms with van der Waals surface area (Å²) in [6.45, 7) is 0. The van der Waals surface area contributed by atoms with Crippen LogP contribution in [0.2, 0.25) is 0 Å². The van der Waals surface area contributed by atoms with Crippen molar-refractivity contribution in [3.63, 3.8) is 0 Å². The molecule has 3 atom stereocenters. The normalized spacial score (nSPS) is 28.8. The molecule has 2 aliphatic heterocycles. The molecular formula is C15H14N2O6S. The Hall–Kier alpha value is -2.39. The quantitative estimate of drug-likeness (QED) is 0.435. The van der Waals surface area contributed by atoms with Crippen molar-refractivity contribution in [1.82, 2.24) is 10.2 Å². The molecular weight excluding hydrogens is 336 g/mol. The highest BCUT2D eigenvalue weighted by Gasteiger charge is 2.68. The first-order chi connectivity index (χ1) is 11.4. The van der Waals surface area contributed by atoms with Gasteiger partial charge in [-0.2, -0.15) is 0 Å². The largest absolute Gasteiger partial charge is 0.479 e. The molecule has 24 heavy (non-hydrogen) atoms. The molecule has 1 aromatic rings. The number of carbonyl (C=O) groups excluding carboxylic acids is 3. The number of hydrogen-bond acceptors (Lipinski definition) is 6. The van der Waals surface area contributed by atoms with E-state index < -0.39 is 40.7 Å². The van der Waals surface area contributed by atoms with Gasteiger partial charge >= 0.3 is 5.97 Å². The second-order valence-corrected chi connectivity index (χ2v) is 6.41. The van der Waals surface area contributed by atoms with Crippen molar-refractivity contribution in [3.8, 4) is 0 Å². The number of Topliss-reactive ketones (excluding diaryl/α,β-unsaturated/α-hetero) is 1. The van der Waals surface area contributed by atoms with Crippen molar-refractivity contribution in [3.05, 3.63) is 35.9 Å². The van der Waals surface area contributed by atoms with Crippen molar-refractivity contribution in [2.24, 2.45) is 0 Å². The van der Waals surface area contributed by atoms with Crippen molar-refractivity contribution in [2.75, 3.05) is 12.9 Å². The van der Waals surface area contributed by atoms with Gasteiger partial charge in [0, 0.05) is 12.7 Å². The molecule has 3 rings (SSSR count). The summed E-state index contributed by atoms with van der Waals surface area (Å²) >= 11 is 1.07. The fraction of sp³-hybridized carbons (Fsp3) is 0.333. The minimum atomic E-state index is -1.67. The smallest absolute Gasteiger partial charge is 0.334 e. The number of carboxylic acid groups (broad SMARTS) is 1. The maximum absolute atomic E-state index is 12.5. The van der Waals surface area contributed by atoms with Gasteiger partial charge in [0.2, 0.25) is 0 Å². The maximum Gasteiger partial charge on any atom is 0.334 e. The van der Waals surface area contributed by atoms with Gasteiger partial charge in [-0.05, 0) is 12.1 Å². The second kappa shape index (κ2) is 5.91. The molecule has 2 aliphatic rings. The molecule has 0 aromatic heterocycles. The highest BCUT2D eigenvalue weighted by atomic mass is 32.2. The number of thioether (sulfide) groups is 1. The maximum atomic E-state index is 12.5. The van der Waals surface area contributed by atoms with Crippen LogP contribution in [0.25, 0.3) is 0 Å². The summed E-state index contributed by atoms with van der Waals surface area (Å²) < 4.78 is 5.26. The summed E-state index contributed by atoms with van der Waals surface area (Å²) in [4.78, 5) is 48.9. The van der Waals surface area contributed by atoms with Gasteiger partial charge in [0.25, 0.3) is 17.5 Å². The van der Waals surface area contributed by atoms with Crippen LogP contribution in [0, 0.1) is 0 Å². The Balaban J connectivity index is 1.87. The van der Waals surface area contributed by atoms with E-state index in [0.29, 0.717) is 5.56 Å². The van der Waals surface area contributed by atoms with Crippen LogP contribution >= 0.6 is 11.8 Å². The Morgan fingerprint density at radius 2 is 2.00 bits per heavy atom. The molecule has 8 nitrogen and oxygen atoms in total. The zero-order chi connectivity index (χ0) is 17.5. The first-order valence-corrected chi connectivity index (χ1v) is 8.10. The van der Waals surface area contributed by atoms with Crippen molar-refractivity contribution in [1.29, 1.82) is 0 Å². The van der Waals surface area contributed by atoms with Crippen LogP contribution in [0.15, 0.2) is 30.3 Å². The Morgan fingerprint density at radius 1 is 1.33 bits per heavy atom. The van der Waals surface area contributed by atoms with Crippen LogP contribution in [-0.2, 0) is 19.1 Å². The van der Waals surface area contributed by atoms with Gasteiger partial charge in [-0.25, -0.2) is 4.79 Å². The monoisotopic (exact) mass is 350 g/mol. The van der Waals surface area contributed by atoms with Gasteiger partial charge in [-0.3, -0.25) is 14.4 Å². The number of β-lactam (4-membered cyclic amide) rings is 1. The van der Waals surface area contributed by atoms with Gasteiger partial charge in [0.1, 0.15) is 5.37 Å². The van der Waals surface area contributed by atoms with E-state index in [1.165, 1.54) is 7.11 Å². The van der Waals surface area contributed by atoms with Crippen LogP contribution in [0.5, 0.6) is 0 Å². The topological polar surface area (TPSA) is 113 Å². The predicted octanol–water partition coefficient (Wildman–Crippen LogP) is -0.304. The molecule has 126 valence electrons. The van der Waals surface area contributed by atoms with E-state index in [2.05, 4.69) is 5.32 Å². The number of amides is 2. The molecule has 2 saturated heterocycles. The third kappa shape index (κ3) is 2.28. The molecule has 2 heterocycles. The lowest BCUT2D eigenvalue weighted by molar-refractivity contribution is -0.200. The number of benzene rings is 1. The molecule has 2 unspecified atom stereocenters. The Morgan fingerprint density at radius 3 is 2.58 bits per heavy atom. The van der Waals surface area contributed by atoms with Gasteiger partial charge in [-0.15, -0.1) is 11.8 Å². The summed E-state index contributed by atoms with van der Waals surface area (Å²) in [5, 5.41) is 11.0. The van der Waals surface area contributed by atoms with Crippen LogP contribution in [0.4, 0.5) is 0 Å². The number of methoxy groups -OCH3 is 1. The minimum absolute atomic E-state index is 0.0717. The number of rotatable bonds is 4. The average molecular weight is 350 g/mol. The van der Waals surface area contributed by atoms with Gasteiger partial charge in [0.15, 0.2) is 11.8 Å². The molecule has 1 aromatic carbocycles. The van der Waals surface area contributed by atoms with Gasteiger partial charge < -0.3 is 20.1 Å². The SMILES string of the molecule is COC1(NC(=O)c2ccccc2)C(=O)N2C(C(=O)O)C(=O)CS[C@H]21. The molecule has 2 amide bonds. The molecule has 0 saturated carbocycles. The van der Waals surface area contributed by atoms with Crippen molar-refractivity contribution < 1.29 is 29.0 Å². The number of hydrogen-bond donors (Lipinski definition) is 2.